The molecule has 0 fully saturated rings. The number of rotatable bonds is 3. The van der Waals surface area contributed by atoms with Gasteiger partial charge in [0.1, 0.15) is 5.65 Å². The molecule has 0 saturated carbocycles. The SMILES string of the molecule is Cc1cc2nnc(SCc3cc(=O)n4cc(Br)ccc4n3)n2c2ccccc12. The summed E-state index contributed by atoms with van der Waals surface area (Å²) < 4.78 is 4.42. The minimum absolute atomic E-state index is 0.103. The van der Waals surface area contributed by atoms with Crippen molar-refractivity contribution in [2.45, 2.75) is 17.8 Å². The molecule has 0 N–H and O–H groups in total. The summed E-state index contributed by atoms with van der Waals surface area (Å²) in [4.78, 5) is 17.0. The predicted molar refractivity (Wildman–Crippen MR) is 114 cm³/mol. The number of aryl methyl sites for hydroxylation is 1. The first kappa shape index (κ1) is 17.4. The van der Waals surface area contributed by atoms with Crippen LogP contribution in [-0.4, -0.2) is 24.0 Å². The molecule has 4 aromatic heterocycles. The fourth-order valence-electron chi connectivity index (χ4n) is 3.31. The summed E-state index contributed by atoms with van der Waals surface area (Å²) >= 11 is 4.90. The minimum atomic E-state index is -0.103. The second-order valence-corrected chi connectivity index (χ2v) is 8.33. The highest BCUT2D eigenvalue weighted by Crippen LogP contribution is 2.27. The number of nitrogens with zero attached hydrogens (tertiary/aromatic N) is 5. The van der Waals surface area contributed by atoms with Gasteiger partial charge in [-0.3, -0.25) is 13.6 Å². The molecule has 0 amide bonds. The lowest BCUT2D eigenvalue weighted by atomic mass is 10.1. The molecule has 1 aromatic carbocycles. The minimum Gasteiger partial charge on any atom is -0.270 e. The van der Waals surface area contributed by atoms with Gasteiger partial charge in [-0.05, 0) is 52.7 Å². The highest BCUT2D eigenvalue weighted by Gasteiger charge is 2.12. The molecule has 0 bridgehead atoms. The summed E-state index contributed by atoms with van der Waals surface area (Å²) in [6.45, 7) is 2.08. The van der Waals surface area contributed by atoms with Gasteiger partial charge in [0.05, 0.1) is 11.2 Å². The maximum atomic E-state index is 12.4. The van der Waals surface area contributed by atoms with Gasteiger partial charge in [0.15, 0.2) is 10.8 Å². The molecule has 0 unspecified atom stereocenters. The molecule has 0 aliphatic carbocycles. The van der Waals surface area contributed by atoms with E-state index in [1.807, 2.05) is 30.3 Å². The van der Waals surface area contributed by atoms with Crippen LogP contribution in [0.5, 0.6) is 0 Å². The molecular formula is C20H14BrN5OS. The lowest BCUT2D eigenvalue weighted by Crippen LogP contribution is -2.15. The van der Waals surface area contributed by atoms with Crippen molar-refractivity contribution in [3.8, 4) is 0 Å². The summed E-state index contributed by atoms with van der Waals surface area (Å²) in [6.07, 6.45) is 1.72. The molecule has 0 aliphatic rings. The number of aromatic nitrogens is 5. The van der Waals surface area contributed by atoms with Gasteiger partial charge in [-0.15, -0.1) is 10.2 Å². The Hall–Kier alpha value is -2.71. The second-order valence-electron chi connectivity index (χ2n) is 6.47. The van der Waals surface area contributed by atoms with Crippen molar-refractivity contribution in [3.63, 3.8) is 0 Å². The Morgan fingerprint density at radius 1 is 1.07 bits per heavy atom. The molecule has 0 spiro atoms. The third-order valence-corrected chi connectivity index (χ3v) is 6.03. The third-order valence-electron chi connectivity index (χ3n) is 4.60. The van der Waals surface area contributed by atoms with Crippen LogP contribution in [0.25, 0.3) is 22.2 Å². The average Bonchev–Trinajstić information content (AvgIpc) is 3.10. The monoisotopic (exact) mass is 451 g/mol. The summed E-state index contributed by atoms with van der Waals surface area (Å²) in [5.74, 6) is 0.533. The smallest absolute Gasteiger partial charge is 0.258 e. The zero-order valence-electron chi connectivity index (χ0n) is 14.8. The molecule has 138 valence electrons. The number of hydrogen-bond donors (Lipinski definition) is 0. The van der Waals surface area contributed by atoms with E-state index in [4.69, 9.17) is 0 Å². The number of benzene rings is 1. The first-order valence-electron chi connectivity index (χ1n) is 8.64. The lowest BCUT2D eigenvalue weighted by molar-refractivity contribution is 0.936. The standard InChI is InChI=1S/C20H14BrN5OS/c1-12-8-18-23-24-20(26(18)16-5-3-2-4-15(12)16)28-11-14-9-19(27)25-10-13(21)6-7-17(25)22-14/h2-10H,11H2,1H3. The van der Waals surface area contributed by atoms with Crippen LogP contribution in [-0.2, 0) is 5.75 Å². The van der Waals surface area contributed by atoms with E-state index in [-0.39, 0.29) is 5.56 Å². The highest BCUT2D eigenvalue weighted by atomic mass is 79.9. The van der Waals surface area contributed by atoms with Gasteiger partial charge in [-0.2, -0.15) is 0 Å². The van der Waals surface area contributed by atoms with Crippen LogP contribution in [0.3, 0.4) is 0 Å². The predicted octanol–water partition coefficient (Wildman–Crippen LogP) is 4.25. The van der Waals surface area contributed by atoms with E-state index in [2.05, 4.69) is 54.6 Å². The Labute approximate surface area is 172 Å². The molecule has 28 heavy (non-hydrogen) atoms. The van der Waals surface area contributed by atoms with Crippen molar-refractivity contribution in [3.05, 3.63) is 80.8 Å². The van der Waals surface area contributed by atoms with Crippen molar-refractivity contribution in [2.24, 2.45) is 0 Å². The Morgan fingerprint density at radius 2 is 1.93 bits per heavy atom. The van der Waals surface area contributed by atoms with Crippen LogP contribution >= 0.6 is 27.7 Å². The topological polar surface area (TPSA) is 64.6 Å². The molecule has 5 rings (SSSR count). The van der Waals surface area contributed by atoms with E-state index in [0.29, 0.717) is 17.1 Å². The molecule has 0 radical (unpaired) electrons. The number of pyridine rings is 2. The van der Waals surface area contributed by atoms with Crippen molar-refractivity contribution in [1.29, 1.82) is 0 Å². The largest absolute Gasteiger partial charge is 0.270 e. The fraction of sp³-hybridized carbons (Fsp3) is 0.100. The van der Waals surface area contributed by atoms with E-state index < -0.39 is 0 Å². The Balaban J connectivity index is 1.55. The lowest BCUT2D eigenvalue weighted by Gasteiger charge is -2.07. The number of halogens is 1. The van der Waals surface area contributed by atoms with E-state index in [1.54, 1.807) is 12.3 Å². The molecular weight excluding hydrogens is 438 g/mol. The summed E-state index contributed by atoms with van der Waals surface area (Å²) in [7, 11) is 0. The van der Waals surface area contributed by atoms with Gasteiger partial charge in [0, 0.05) is 27.9 Å². The van der Waals surface area contributed by atoms with Crippen molar-refractivity contribution in [2.75, 3.05) is 0 Å². The van der Waals surface area contributed by atoms with E-state index in [0.717, 1.165) is 20.8 Å². The van der Waals surface area contributed by atoms with Crippen LogP contribution in [0.2, 0.25) is 0 Å². The number of thioether (sulfide) groups is 1. The summed E-state index contributed by atoms with van der Waals surface area (Å²) in [5, 5.41) is 10.6. The summed E-state index contributed by atoms with van der Waals surface area (Å²) in [5.41, 5.74) is 4.29. The molecule has 5 aromatic rings. The number of para-hydroxylation sites is 1. The van der Waals surface area contributed by atoms with Gasteiger partial charge in [-0.25, -0.2) is 4.98 Å². The molecule has 0 saturated heterocycles. The van der Waals surface area contributed by atoms with Crippen molar-refractivity contribution in [1.82, 2.24) is 24.0 Å². The quantitative estimate of drug-likeness (QED) is 0.383. The Bertz CT molecular complexity index is 1430. The van der Waals surface area contributed by atoms with E-state index >= 15 is 0 Å². The highest BCUT2D eigenvalue weighted by molar-refractivity contribution is 9.10. The fourth-order valence-corrected chi connectivity index (χ4v) is 4.49. The van der Waals surface area contributed by atoms with E-state index in [1.165, 1.54) is 27.1 Å². The van der Waals surface area contributed by atoms with Crippen LogP contribution in [0.15, 0.2) is 69.2 Å². The second kappa shape index (κ2) is 6.72. The zero-order valence-corrected chi connectivity index (χ0v) is 17.2. The van der Waals surface area contributed by atoms with Gasteiger partial charge < -0.3 is 0 Å². The van der Waals surface area contributed by atoms with Crippen LogP contribution in [0.1, 0.15) is 11.3 Å². The number of hydrogen-bond acceptors (Lipinski definition) is 5. The van der Waals surface area contributed by atoms with Gasteiger partial charge in [0.25, 0.3) is 5.56 Å². The third kappa shape index (κ3) is 2.89. The Morgan fingerprint density at radius 3 is 2.82 bits per heavy atom. The normalized spacial score (nSPS) is 11.6. The van der Waals surface area contributed by atoms with Crippen LogP contribution in [0.4, 0.5) is 0 Å². The van der Waals surface area contributed by atoms with Gasteiger partial charge >= 0.3 is 0 Å². The van der Waals surface area contributed by atoms with Gasteiger partial charge in [0.2, 0.25) is 0 Å². The van der Waals surface area contributed by atoms with Crippen molar-refractivity contribution >= 4 is 49.9 Å². The first-order valence-corrected chi connectivity index (χ1v) is 10.4. The first-order chi connectivity index (χ1) is 13.6. The molecule has 0 aliphatic heterocycles. The molecule has 6 nitrogen and oxygen atoms in total. The zero-order chi connectivity index (χ0) is 19.3. The average molecular weight is 452 g/mol. The van der Waals surface area contributed by atoms with Crippen molar-refractivity contribution < 1.29 is 0 Å². The maximum absolute atomic E-state index is 12.4. The molecule has 0 atom stereocenters. The molecule has 8 heteroatoms. The van der Waals surface area contributed by atoms with Gasteiger partial charge in [-0.1, -0.05) is 30.0 Å². The summed E-state index contributed by atoms with van der Waals surface area (Å²) in [6, 6.07) is 15.5. The maximum Gasteiger partial charge on any atom is 0.258 e. The van der Waals surface area contributed by atoms with Crippen LogP contribution < -0.4 is 5.56 Å². The number of fused-ring (bicyclic) bond motifs is 4. The molecule has 4 heterocycles. The van der Waals surface area contributed by atoms with E-state index in [9.17, 15) is 4.79 Å². The van der Waals surface area contributed by atoms with Crippen LogP contribution in [0, 0.1) is 6.92 Å². The Kier molecular flexibility index (Phi) is 4.17.